The molecular formula is C66H45N3. The van der Waals surface area contributed by atoms with Crippen LogP contribution < -0.4 is 14.7 Å². The highest BCUT2D eigenvalue weighted by atomic mass is 15.3. The second-order valence-electron chi connectivity index (χ2n) is 17.7. The molecule has 0 heterocycles. The van der Waals surface area contributed by atoms with Gasteiger partial charge in [-0.15, -0.1) is 0 Å². The molecule has 324 valence electrons. The number of benzene rings is 13. The Hall–Kier alpha value is -9.18. The van der Waals surface area contributed by atoms with E-state index in [9.17, 15) is 0 Å². The van der Waals surface area contributed by atoms with E-state index in [1.54, 1.807) is 0 Å². The van der Waals surface area contributed by atoms with Crippen molar-refractivity contribution in [3.63, 3.8) is 0 Å². The molecule has 3 heteroatoms. The Labute approximate surface area is 401 Å². The second kappa shape index (κ2) is 16.9. The molecular weight excluding hydrogens is 835 g/mol. The first-order valence-corrected chi connectivity index (χ1v) is 23.7. The first-order chi connectivity index (χ1) is 34.2. The number of rotatable bonds is 9. The second-order valence-corrected chi connectivity index (χ2v) is 17.7. The lowest BCUT2D eigenvalue weighted by molar-refractivity contribution is 1.21. The van der Waals surface area contributed by atoms with Crippen LogP contribution in [-0.4, -0.2) is 0 Å². The van der Waals surface area contributed by atoms with Crippen molar-refractivity contribution >= 4 is 116 Å². The molecule has 0 fully saturated rings. The quantitative estimate of drug-likeness (QED) is 0.134. The molecule has 0 radical (unpaired) electrons. The topological polar surface area (TPSA) is 9.72 Å². The highest BCUT2D eigenvalue weighted by Crippen LogP contribution is 2.58. The van der Waals surface area contributed by atoms with E-state index >= 15 is 0 Å². The number of hydrogen-bond acceptors (Lipinski definition) is 3. The predicted octanol–water partition coefficient (Wildman–Crippen LogP) is 19.0. The predicted molar refractivity (Wildman–Crippen MR) is 296 cm³/mol. The van der Waals surface area contributed by atoms with E-state index in [0.29, 0.717) is 0 Å². The van der Waals surface area contributed by atoms with E-state index in [1.807, 2.05) is 0 Å². The first-order valence-electron chi connectivity index (χ1n) is 23.7. The Bertz CT molecular complexity index is 4040. The van der Waals surface area contributed by atoms with Crippen molar-refractivity contribution in [2.24, 2.45) is 0 Å². The molecule has 13 rings (SSSR count). The zero-order valence-electron chi connectivity index (χ0n) is 37.8. The highest BCUT2D eigenvalue weighted by Gasteiger charge is 2.32. The Morgan fingerprint density at radius 1 is 0.188 bits per heavy atom. The van der Waals surface area contributed by atoms with Gasteiger partial charge in [0.25, 0.3) is 0 Å². The molecule has 0 N–H and O–H groups in total. The van der Waals surface area contributed by atoms with Gasteiger partial charge in [-0.1, -0.05) is 194 Å². The first kappa shape index (κ1) is 40.1. The summed E-state index contributed by atoms with van der Waals surface area (Å²) in [6.45, 7) is 0. The molecule has 0 aromatic heterocycles. The zero-order chi connectivity index (χ0) is 45.7. The van der Waals surface area contributed by atoms with Crippen molar-refractivity contribution in [2.45, 2.75) is 0 Å². The molecule has 3 nitrogen and oxygen atoms in total. The summed E-state index contributed by atoms with van der Waals surface area (Å²) in [5, 5.41) is 14.2. The molecule has 0 saturated carbocycles. The van der Waals surface area contributed by atoms with Gasteiger partial charge >= 0.3 is 0 Å². The minimum Gasteiger partial charge on any atom is -0.308 e. The number of hydrogen-bond donors (Lipinski definition) is 0. The van der Waals surface area contributed by atoms with Crippen LogP contribution in [0.3, 0.4) is 0 Å². The molecule has 0 saturated heterocycles. The van der Waals surface area contributed by atoms with Crippen molar-refractivity contribution in [3.05, 3.63) is 273 Å². The van der Waals surface area contributed by atoms with Gasteiger partial charge in [-0.3, -0.25) is 0 Å². The summed E-state index contributed by atoms with van der Waals surface area (Å²) in [4.78, 5) is 7.51. The minimum atomic E-state index is 1.03. The zero-order valence-corrected chi connectivity index (χ0v) is 37.8. The van der Waals surface area contributed by atoms with Gasteiger partial charge in [-0.2, -0.15) is 0 Å². The Kier molecular flexibility index (Phi) is 9.84. The van der Waals surface area contributed by atoms with Crippen molar-refractivity contribution in [2.75, 3.05) is 14.7 Å². The fourth-order valence-electron chi connectivity index (χ4n) is 10.5. The van der Waals surface area contributed by atoms with E-state index in [2.05, 4.69) is 288 Å². The number of fused-ring (bicyclic) bond motifs is 9. The van der Waals surface area contributed by atoms with Crippen LogP contribution in [0.1, 0.15) is 0 Å². The third kappa shape index (κ3) is 6.99. The van der Waals surface area contributed by atoms with Crippen LogP contribution in [0.15, 0.2) is 273 Å². The lowest BCUT2D eigenvalue weighted by Gasteiger charge is -2.39. The molecule has 0 aliphatic heterocycles. The highest BCUT2D eigenvalue weighted by molar-refractivity contribution is 6.32. The summed E-state index contributed by atoms with van der Waals surface area (Å²) in [5.41, 5.74) is 9.41. The smallest absolute Gasteiger partial charge is 0.0953 e. The van der Waals surface area contributed by atoms with E-state index in [0.717, 1.165) is 62.0 Å². The largest absolute Gasteiger partial charge is 0.308 e. The summed E-state index contributed by atoms with van der Waals surface area (Å²) >= 11 is 0. The maximum absolute atomic E-state index is 2.52. The molecule has 0 atom stereocenters. The van der Waals surface area contributed by atoms with E-state index in [1.165, 1.54) is 53.9 Å². The number of anilines is 9. The molecule has 13 aromatic rings. The molecule has 13 aromatic carbocycles. The van der Waals surface area contributed by atoms with Crippen molar-refractivity contribution < 1.29 is 0 Å². The minimum absolute atomic E-state index is 1.03. The maximum atomic E-state index is 2.52. The maximum Gasteiger partial charge on any atom is 0.0953 e. The number of para-hydroxylation sites is 3. The Morgan fingerprint density at radius 3 is 0.957 bits per heavy atom. The van der Waals surface area contributed by atoms with E-state index in [4.69, 9.17) is 0 Å². The molecule has 69 heavy (non-hydrogen) atoms. The van der Waals surface area contributed by atoms with Crippen LogP contribution in [-0.2, 0) is 0 Å². The fraction of sp³-hybridized carbons (Fsp3) is 0. The van der Waals surface area contributed by atoms with Crippen LogP contribution in [0.5, 0.6) is 0 Å². The average molecular weight is 880 g/mol. The van der Waals surface area contributed by atoms with Crippen LogP contribution in [0, 0.1) is 0 Å². The molecule has 0 unspecified atom stereocenters. The van der Waals surface area contributed by atoms with Crippen LogP contribution in [0.2, 0.25) is 0 Å². The van der Waals surface area contributed by atoms with Gasteiger partial charge < -0.3 is 14.7 Å². The van der Waals surface area contributed by atoms with Crippen LogP contribution in [0.25, 0.3) is 64.6 Å². The van der Waals surface area contributed by atoms with Crippen molar-refractivity contribution in [1.82, 2.24) is 0 Å². The third-order valence-corrected chi connectivity index (χ3v) is 13.7. The fourth-order valence-corrected chi connectivity index (χ4v) is 10.5. The lowest BCUT2D eigenvalue weighted by atomic mass is 9.90. The lowest BCUT2D eigenvalue weighted by Crippen LogP contribution is -2.21. The Balaban J connectivity index is 1.30. The van der Waals surface area contributed by atoms with E-state index < -0.39 is 0 Å². The summed E-state index contributed by atoms with van der Waals surface area (Å²) < 4.78 is 0. The normalized spacial score (nSPS) is 11.5. The molecule has 0 aliphatic carbocycles. The van der Waals surface area contributed by atoms with Gasteiger partial charge in [-0.25, -0.2) is 0 Å². The van der Waals surface area contributed by atoms with Crippen molar-refractivity contribution in [1.29, 1.82) is 0 Å². The van der Waals surface area contributed by atoms with Gasteiger partial charge in [0.1, 0.15) is 0 Å². The summed E-state index contributed by atoms with van der Waals surface area (Å²) in [7, 11) is 0. The van der Waals surface area contributed by atoms with Crippen molar-refractivity contribution in [3.8, 4) is 0 Å². The average Bonchev–Trinajstić information content (AvgIpc) is 3.42. The van der Waals surface area contributed by atoms with E-state index in [-0.39, 0.29) is 0 Å². The van der Waals surface area contributed by atoms with Gasteiger partial charge in [-0.05, 0) is 138 Å². The summed E-state index contributed by atoms with van der Waals surface area (Å²) in [6.07, 6.45) is 0. The molecule has 0 aliphatic rings. The van der Waals surface area contributed by atoms with Gasteiger partial charge in [0.15, 0.2) is 0 Å². The SMILES string of the molecule is c1ccc(N(c2ccc3ccccc3c2)c2cc3c4ccccc4c4ccccc4c3c(N(c3ccccc3)c3ccc4ccccc4c3)c2N(c2ccccc2)c2ccc3ccccc3c2)cc1. The third-order valence-electron chi connectivity index (χ3n) is 13.7. The molecule has 0 spiro atoms. The standard InChI is InChI=1S/C66H45N3/c1-4-26-52(27-5-1)67(55-39-36-46-20-10-13-23-49(46)42-55)63-45-62-60-34-17-16-32-58(60)59-33-18-19-35-61(59)64(62)66(69(54-30-8-3-9-31-54)57-41-38-48-22-12-15-25-51(48)44-57)65(63)68(53-28-6-2-7-29-53)56-40-37-47-21-11-14-24-50(47)43-56/h1-45H. The summed E-state index contributed by atoms with van der Waals surface area (Å²) in [6, 6.07) is 99.9. The summed E-state index contributed by atoms with van der Waals surface area (Å²) in [5.74, 6) is 0. The van der Waals surface area contributed by atoms with Gasteiger partial charge in [0.05, 0.1) is 17.1 Å². The monoisotopic (exact) mass is 879 g/mol. The number of nitrogens with zero attached hydrogens (tertiary/aromatic N) is 3. The molecule has 0 amide bonds. The van der Waals surface area contributed by atoms with Gasteiger partial charge in [0.2, 0.25) is 0 Å². The van der Waals surface area contributed by atoms with Crippen LogP contribution in [0.4, 0.5) is 51.2 Å². The Morgan fingerprint density at radius 2 is 0.507 bits per heavy atom. The molecule has 0 bridgehead atoms. The van der Waals surface area contributed by atoms with Crippen LogP contribution >= 0.6 is 0 Å². The van der Waals surface area contributed by atoms with Gasteiger partial charge in [0, 0.05) is 39.5 Å².